The Labute approximate surface area is 92.9 Å². The van der Waals surface area contributed by atoms with Crippen LogP contribution in [0.5, 0.6) is 0 Å². The molecule has 0 spiro atoms. The lowest BCUT2D eigenvalue weighted by Gasteiger charge is -2.10. The molecule has 0 atom stereocenters. The minimum atomic E-state index is -0.963. The molecular formula is C10H13N3O3. The Morgan fingerprint density at radius 2 is 2.12 bits per heavy atom. The maximum atomic E-state index is 11.5. The molecule has 0 unspecified atom stereocenters. The minimum Gasteiger partial charge on any atom is -0.480 e. The summed E-state index contributed by atoms with van der Waals surface area (Å²) in [4.78, 5) is 27.2. The van der Waals surface area contributed by atoms with Crippen LogP contribution in [0.4, 0.5) is 5.82 Å². The first kappa shape index (κ1) is 12.0. The summed E-state index contributed by atoms with van der Waals surface area (Å²) in [6.45, 7) is -0.200. The summed E-state index contributed by atoms with van der Waals surface area (Å²) in [5, 5.41) is 11.0. The average molecular weight is 223 g/mol. The van der Waals surface area contributed by atoms with Crippen LogP contribution in [0, 0.1) is 0 Å². The summed E-state index contributed by atoms with van der Waals surface area (Å²) in [5.41, 5.74) is 0.464. The van der Waals surface area contributed by atoms with Crippen LogP contribution in [0.2, 0.25) is 0 Å². The highest BCUT2D eigenvalue weighted by molar-refractivity contribution is 5.93. The lowest BCUT2D eigenvalue weighted by molar-refractivity contribution is -0.134. The van der Waals surface area contributed by atoms with E-state index in [-0.39, 0.29) is 12.5 Å². The molecule has 86 valence electrons. The molecule has 0 bridgehead atoms. The van der Waals surface area contributed by atoms with Gasteiger partial charge in [-0.15, -0.1) is 0 Å². The second kappa shape index (κ2) is 5.11. The third-order valence-electron chi connectivity index (χ3n) is 1.84. The lowest BCUT2D eigenvalue weighted by Crippen LogP contribution is -2.22. The highest BCUT2D eigenvalue weighted by atomic mass is 16.4. The van der Waals surface area contributed by atoms with Gasteiger partial charge < -0.3 is 15.3 Å². The number of rotatable bonds is 4. The van der Waals surface area contributed by atoms with Gasteiger partial charge in [0.15, 0.2) is 0 Å². The molecule has 0 fully saturated rings. The molecule has 1 aromatic heterocycles. The van der Waals surface area contributed by atoms with Crippen LogP contribution in [0.25, 0.3) is 0 Å². The van der Waals surface area contributed by atoms with Crippen molar-refractivity contribution in [1.29, 1.82) is 0 Å². The maximum absolute atomic E-state index is 11.5. The van der Waals surface area contributed by atoms with E-state index >= 15 is 0 Å². The molecule has 0 aliphatic rings. The Hall–Kier alpha value is -2.11. The van der Waals surface area contributed by atoms with E-state index in [9.17, 15) is 9.59 Å². The summed E-state index contributed by atoms with van der Waals surface area (Å²) < 4.78 is 0. The fourth-order valence-electron chi connectivity index (χ4n) is 1.05. The van der Waals surface area contributed by atoms with Gasteiger partial charge in [-0.05, 0) is 12.1 Å². The predicted octanol–water partition coefficient (Wildman–Crippen LogP) is 0.280. The normalized spacial score (nSPS) is 9.62. The van der Waals surface area contributed by atoms with Crippen LogP contribution in [0.3, 0.4) is 0 Å². The Balaban J connectivity index is 2.68. The fourth-order valence-corrected chi connectivity index (χ4v) is 1.05. The van der Waals surface area contributed by atoms with Crippen LogP contribution in [-0.4, -0.2) is 47.5 Å². The molecule has 0 saturated carbocycles. The van der Waals surface area contributed by atoms with Gasteiger partial charge in [-0.2, -0.15) is 0 Å². The summed E-state index contributed by atoms with van der Waals surface area (Å²) in [6.07, 6.45) is 1.41. The number of hydrogen-bond acceptors (Lipinski definition) is 4. The molecule has 16 heavy (non-hydrogen) atoms. The highest BCUT2D eigenvalue weighted by Gasteiger charge is 2.07. The Kier molecular flexibility index (Phi) is 3.82. The molecule has 6 nitrogen and oxygen atoms in total. The number of carbonyl (C=O) groups excluding carboxylic acids is 1. The zero-order chi connectivity index (χ0) is 12.1. The summed E-state index contributed by atoms with van der Waals surface area (Å²) in [7, 11) is 3.30. The third kappa shape index (κ3) is 3.23. The number of carbonyl (C=O) groups is 2. The van der Waals surface area contributed by atoms with Gasteiger partial charge in [-0.3, -0.25) is 9.59 Å². The van der Waals surface area contributed by atoms with Crippen LogP contribution in [0.15, 0.2) is 18.3 Å². The standard InChI is InChI=1S/C10H13N3O3/c1-13(2)10(16)7-3-4-8(11-5-7)12-6-9(14)15/h3-5H,6H2,1-2H3,(H,11,12)(H,14,15). The molecule has 0 aliphatic heterocycles. The van der Waals surface area contributed by atoms with Gasteiger partial charge in [0, 0.05) is 20.3 Å². The smallest absolute Gasteiger partial charge is 0.322 e. The number of aliphatic carboxylic acids is 1. The largest absolute Gasteiger partial charge is 0.480 e. The quantitative estimate of drug-likeness (QED) is 0.766. The van der Waals surface area contributed by atoms with Crippen molar-refractivity contribution in [3.63, 3.8) is 0 Å². The van der Waals surface area contributed by atoms with Crippen molar-refractivity contribution in [3.05, 3.63) is 23.9 Å². The third-order valence-corrected chi connectivity index (χ3v) is 1.84. The van der Waals surface area contributed by atoms with Crippen molar-refractivity contribution in [2.24, 2.45) is 0 Å². The first-order chi connectivity index (χ1) is 7.50. The van der Waals surface area contributed by atoms with Gasteiger partial charge in [-0.1, -0.05) is 0 Å². The number of carboxylic acids is 1. The van der Waals surface area contributed by atoms with Crippen LogP contribution in [-0.2, 0) is 4.79 Å². The van der Waals surface area contributed by atoms with Gasteiger partial charge in [0.05, 0.1) is 5.56 Å². The van der Waals surface area contributed by atoms with E-state index in [2.05, 4.69) is 10.3 Å². The maximum Gasteiger partial charge on any atom is 0.322 e. The van der Waals surface area contributed by atoms with Crippen LogP contribution >= 0.6 is 0 Å². The van der Waals surface area contributed by atoms with Gasteiger partial charge in [-0.25, -0.2) is 4.98 Å². The molecule has 0 aromatic carbocycles. The van der Waals surface area contributed by atoms with Crippen molar-refractivity contribution in [2.75, 3.05) is 26.0 Å². The van der Waals surface area contributed by atoms with Gasteiger partial charge in [0.1, 0.15) is 12.4 Å². The first-order valence-corrected chi connectivity index (χ1v) is 4.64. The van der Waals surface area contributed by atoms with Crippen molar-refractivity contribution < 1.29 is 14.7 Å². The fraction of sp³-hybridized carbons (Fsp3) is 0.300. The molecule has 1 amide bonds. The second-order valence-electron chi connectivity index (χ2n) is 3.38. The molecule has 2 N–H and O–H groups in total. The molecule has 0 saturated heterocycles. The number of aromatic nitrogens is 1. The predicted molar refractivity (Wildman–Crippen MR) is 58.4 cm³/mol. The summed E-state index contributed by atoms with van der Waals surface area (Å²) >= 11 is 0. The summed E-state index contributed by atoms with van der Waals surface area (Å²) in [5.74, 6) is -0.676. The molecule has 0 radical (unpaired) electrons. The van der Waals surface area contributed by atoms with E-state index in [0.29, 0.717) is 11.4 Å². The number of hydrogen-bond donors (Lipinski definition) is 2. The van der Waals surface area contributed by atoms with Crippen molar-refractivity contribution in [1.82, 2.24) is 9.88 Å². The molecule has 0 aliphatic carbocycles. The Morgan fingerprint density at radius 1 is 1.44 bits per heavy atom. The second-order valence-corrected chi connectivity index (χ2v) is 3.38. The van der Waals surface area contributed by atoms with Crippen molar-refractivity contribution in [3.8, 4) is 0 Å². The van der Waals surface area contributed by atoms with Gasteiger partial charge in [0.25, 0.3) is 5.91 Å². The SMILES string of the molecule is CN(C)C(=O)c1ccc(NCC(=O)O)nc1. The molecular weight excluding hydrogens is 210 g/mol. The number of anilines is 1. The Bertz CT molecular complexity index is 387. The van der Waals surface area contributed by atoms with E-state index in [1.807, 2.05) is 0 Å². The Morgan fingerprint density at radius 3 is 2.56 bits per heavy atom. The zero-order valence-corrected chi connectivity index (χ0v) is 9.10. The molecule has 6 heteroatoms. The number of pyridine rings is 1. The average Bonchev–Trinajstić information content (AvgIpc) is 2.26. The van der Waals surface area contributed by atoms with E-state index in [4.69, 9.17) is 5.11 Å². The first-order valence-electron chi connectivity index (χ1n) is 4.64. The van der Waals surface area contributed by atoms with Crippen molar-refractivity contribution in [2.45, 2.75) is 0 Å². The van der Waals surface area contributed by atoms with E-state index in [0.717, 1.165) is 0 Å². The monoisotopic (exact) mass is 223 g/mol. The van der Waals surface area contributed by atoms with Gasteiger partial charge in [0.2, 0.25) is 0 Å². The number of nitrogens with one attached hydrogen (secondary N) is 1. The minimum absolute atomic E-state index is 0.141. The van der Waals surface area contributed by atoms with Crippen LogP contribution in [0.1, 0.15) is 10.4 Å². The summed E-state index contributed by atoms with van der Waals surface area (Å²) in [6, 6.07) is 3.17. The van der Waals surface area contributed by atoms with E-state index in [1.165, 1.54) is 11.1 Å². The number of carboxylic acid groups (broad SMARTS) is 1. The topological polar surface area (TPSA) is 82.5 Å². The van der Waals surface area contributed by atoms with Crippen molar-refractivity contribution >= 4 is 17.7 Å². The zero-order valence-electron chi connectivity index (χ0n) is 9.10. The van der Waals surface area contributed by atoms with E-state index < -0.39 is 5.97 Å². The van der Waals surface area contributed by atoms with E-state index in [1.54, 1.807) is 26.2 Å². The molecule has 1 rings (SSSR count). The molecule has 1 aromatic rings. The number of nitrogens with zero attached hydrogens (tertiary/aromatic N) is 2. The lowest BCUT2D eigenvalue weighted by atomic mass is 10.2. The molecule has 1 heterocycles. The van der Waals surface area contributed by atoms with Gasteiger partial charge >= 0.3 is 5.97 Å². The number of amides is 1. The highest BCUT2D eigenvalue weighted by Crippen LogP contribution is 2.06. The van der Waals surface area contributed by atoms with Crippen LogP contribution < -0.4 is 5.32 Å².